The smallest absolute Gasteiger partial charge is 0.194 e. The Kier molecular flexibility index (Phi) is 3.18. The van der Waals surface area contributed by atoms with Crippen LogP contribution in [0.4, 0.5) is 0 Å². The highest BCUT2D eigenvalue weighted by Crippen LogP contribution is 2.36. The van der Waals surface area contributed by atoms with Crippen molar-refractivity contribution in [3.8, 4) is 5.75 Å². The summed E-state index contributed by atoms with van der Waals surface area (Å²) in [6.07, 6.45) is 0. The van der Waals surface area contributed by atoms with E-state index in [0.29, 0.717) is 28.0 Å². The van der Waals surface area contributed by atoms with Gasteiger partial charge in [0.2, 0.25) is 0 Å². The van der Waals surface area contributed by atoms with Crippen molar-refractivity contribution in [3.05, 3.63) is 70.8 Å². The molecule has 1 aliphatic carbocycles. The van der Waals surface area contributed by atoms with Gasteiger partial charge in [-0.2, -0.15) is 0 Å². The van der Waals surface area contributed by atoms with E-state index >= 15 is 0 Å². The molecule has 21 heavy (non-hydrogen) atoms. The molecule has 0 fully saturated rings. The highest BCUT2D eigenvalue weighted by atomic mass is 16.5. The van der Waals surface area contributed by atoms with E-state index < -0.39 is 0 Å². The quantitative estimate of drug-likeness (QED) is 0.843. The highest BCUT2D eigenvalue weighted by Gasteiger charge is 2.32. The molecule has 3 heteroatoms. The van der Waals surface area contributed by atoms with Crippen LogP contribution in [0.25, 0.3) is 5.57 Å². The molecule has 1 aliphatic rings. The van der Waals surface area contributed by atoms with Crippen LogP contribution in [0.5, 0.6) is 5.75 Å². The fourth-order valence-electron chi connectivity index (χ4n) is 2.68. The predicted molar refractivity (Wildman–Crippen MR) is 80.7 cm³/mol. The number of methoxy groups -OCH3 is 1. The fourth-order valence-corrected chi connectivity index (χ4v) is 2.68. The van der Waals surface area contributed by atoms with E-state index in [-0.39, 0.29) is 11.6 Å². The molecule has 0 aromatic heterocycles. The number of ketones is 2. The zero-order valence-corrected chi connectivity index (χ0v) is 11.8. The summed E-state index contributed by atoms with van der Waals surface area (Å²) in [6.45, 7) is 1.69. The van der Waals surface area contributed by atoms with E-state index in [9.17, 15) is 9.59 Å². The van der Waals surface area contributed by atoms with Crippen molar-refractivity contribution in [1.82, 2.24) is 0 Å². The summed E-state index contributed by atoms with van der Waals surface area (Å²) in [4.78, 5) is 25.4. The Morgan fingerprint density at radius 2 is 1.57 bits per heavy atom. The van der Waals surface area contributed by atoms with E-state index in [2.05, 4.69) is 0 Å². The lowest BCUT2D eigenvalue weighted by Gasteiger charge is -2.21. The molecule has 0 heterocycles. The molecule has 3 rings (SSSR count). The second kappa shape index (κ2) is 5.02. The van der Waals surface area contributed by atoms with Gasteiger partial charge in [0.05, 0.1) is 12.7 Å². The summed E-state index contributed by atoms with van der Waals surface area (Å²) in [5, 5.41) is 0. The Morgan fingerprint density at radius 3 is 2.24 bits per heavy atom. The lowest BCUT2D eigenvalue weighted by atomic mass is 9.81. The largest absolute Gasteiger partial charge is 0.496 e. The average molecular weight is 278 g/mol. The number of rotatable bonds is 2. The van der Waals surface area contributed by atoms with Gasteiger partial charge in [-0.1, -0.05) is 42.5 Å². The average Bonchev–Trinajstić information content (AvgIpc) is 2.53. The molecule has 0 radical (unpaired) electrons. The van der Waals surface area contributed by atoms with Crippen LogP contribution in [0.1, 0.15) is 33.2 Å². The van der Waals surface area contributed by atoms with E-state index in [1.165, 1.54) is 7.11 Å². The molecule has 0 aliphatic heterocycles. The summed E-state index contributed by atoms with van der Waals surface area (Å²) in [7, 11) is 1.50. The van der Waals surface area contributed by atoms with Crippen LogP contribution in [-0.4, -0.2) is 18.7 Å². The number of carbonyl (C=O) groups excluding carboxylic acids is 2. The third-order valence-corrected chi connectivity index (χ3v) is 3.72. The van der Waals surface area contributed by atoms with Crippen molar-refractivity contribution in [2.24, 2.45) is 0 Å². The van der Waals surface area contributed by atoms with Crippen molar-refractivity contribution >= 4 is 17.1 Å². The molecular weight excluding hydrogens is 264 g/mol. The first-order valence-corrected chi connectivity index (χ1v) is 6.68. The number of hydrogen-bond donors (Lipinski definition) is 0. The molecule has 0 amide bonds. The van der Waals surface area contributed by atoms with Gasteiger partial charge in [0.1, 0.15) is 5.75 Å². The summed E-state index contributed by atoms with van der Waals surface area (Å²) >= 11 is 0. The van der Waals surface area contributed by atoms with Crippen molar-refractivity contribution in [2.45, 2.75) is 6.92 Å². The lowest BCUT2D eigenvalue weighted by Crippen LogP contribution is -2.21. The summed E-state index contributed by atoms with van der Waals surface area (Å²) < 4.78 is 5.22. The molecule has 0 saturated carbocycles. The van der Waals surface area contributed by atoms with Crippen LogP contribution < -0.4 is 4.74 Å². The predicted octanol–water partition coefficient (Wildman–Crippen LogP) is 3.55. The van der Waals surface area contributed by atoms with Gasteiger partial charge in [-0.25, -0.2) is 0 Å². The van der Waals surface area contributed by atoms with Gasteiger partial charge in [0.25, 0.3) is 0 Å². The molecule has 0 unspecified atom stereocenters. The number of carbonyl (C=O) groups is 2. The molecule has 2 aromatic rings. The monoisotopic (exact) mass is 278 g/mol. The molecule has 104 valence electrons. The van der Waals surface area contributed by atoms with Gasteiger partial charge in [-0.15, -0.1) is 0 Å². The lowest BCUT2D eigenvalue weighted by molar-refractivity contribution is 0.0989. The van der Waals surface area contributed by atoms with Gasteiger partial charge in [0, 0.05) is 16.7 Å². The van der Waals surface area contributed by atoms with Crippen molar-refractivity contribution < 1.29 is 14.3 Å². The normalized spacial score (nSPS) is 14.2. The zero-order valence-electron chi connectivity index (χ0n) is 11.8. The number of allylic oxidation sites excluding steroid dienone is 2. The summed E-state index contributed by atoms with van der Waals surface area (Å²) in [6, 6.07) is 14.4. The first-order chi connectivity index (χ1) is 10.1. The Hall–Kier alpha value is -2.68. The molecule has 3 nitrogen and oxygen atoms in total. The van der Waals surface area contributed by atoms with Gasteiger partial charge < -0.3 is 4.74 Å². The second-order valence-electron chi connectivity index (χ2n) is 4.91. The molecule has 2 aromatic carbocycles. The van der Waals surface area contributed by atoms with Gasteiger partial charge >= 0.3 is 0 Å². The number of ether oxygens (including phenoxy) is 1. The van der Waals surface area contributed by atoms with Crippen LogP contribution in [-0.2, 0) is 0 Å². The fraction of sp³-hybridized carbons (Fsp3) is 0.111. The highest BCUT2D eigenvalue weighted by molar-refractivity contribution is 6.40. The maximum absolute atomic E-state index is 12.8. The van der Waals surface area contributed by atoms with Gasteiger partial charge in [0.15, 0.2) is 11.6 Å². The van der Waals surface area contributed by atoms with Crippen molar-refractivity contribution in [1.29, 1.82) is 0 Å². The van der Waals surface area contributed by atoms with Gasteiger partial charge in [-0.3, -0.25) is 9.59 Å². The van der Waals surface area contributed by atoms with E-state index in [4.69, 9.17) is 4.74 Å². The van der Waals surface area contributed by atoms with Crippen LogP contribution in [0.2, 0.25) is 0 Å². The molecule has 0 N–H and O–H groups in total. The van der Waals surface area contributed by atoms with Crippen LogP contribution in [0.3, 0.4) is 0 Å². The standard InChI is InChI=1S/C18H14O3/c1-11-15(12-7-4-3-5-8-12)18(20)13-9-6-10-14(21-2)16(13)17(11)19/h3-10H,1-2H3. The first-order valence-electron chi connectivity index (χ1n) is 6.68. The zero-order chi connectivity index (χ0) is 15.0. The van der Waals surface area contributed by atoms with E-state index in [0.717, 1.165) is 5.56 Å². The van der Waals surface area contributed by atoms with E-state index in [1.807, 2.05) is 30.3 Å². The molecule has 0 atom stereocenters. The maximum Gasteiger partial charge on any atom is 0.194 e. The first kappa shape index (κ1) is 13.3. The minimum atomic E-state index is -0.152. The second-order valence-corrected chi connectivity index (χ2v) is 4.91. The minimum absolute atomic E-state index is 0.132. The van der Waals surface area contributed by atoms with Crippen molar-refractivity contribution in [2.75, 3.05) is 7.11 Å². The van der Waals surface area contributed by atoms with Crippen LogP contribution in [0, 0.1) is 0 Å². The Bertz CT molecular complexity index is 770. The number of hydrogen-bond acceptors (Lipinski definition) is 3. The molecule has 0 bridgehead atoms. The molecular formula is C18H14O3. The molecule has 0 spiro atoms. The molecule has 0 saturated heterocycles. The summed E-state index contributed by atoms with van der Waals surface area (Å²) in [5.41, 5.74) is 2.47. The summed E-state index contributed by atoms with van der Waals surface area (Å²) in [5.74, 6) is 0.158. The minimum Gasteiger partial charge on any atom is -0.496 e. The Morgan fingerprint density at radius 1 is 0.857 bits per heavy atom. The third kappa shape index (κ3) is 1.98. The number of benzene rings is 2. The topological polar surface area (TPSA) is 43.4 Å². The van der Waals surface area contributed by atoms with Crippen LogP contribution in [0.15, 0.2) is 54.1 Å². The SMILES string of the molecule is COc1cccc2c1C(=O)C(C)=C(c1ccccc1)C2=O. The number of Topliss-reactive ketones (excluding diaryl/α,β-unsaturated/α-hetero) is 2. The van der Waals surface area contributed by atoms with Crippen molar-refractivity contribution in [3.63, 3.8) is 0 Å². The Balaban J connectivity index is 2.26. The van der Waals surface area contributed by atoms with Gasteiger partial charge in [-0.05, 0) is 18.6 Å². The van der Waals surface area contributed by atoms with Crippen LogP contribution >= 0.6 is 0 Å². The maximum atomic E-state index is 12.8. The Labute approximate surface area is 122 Å². The van der Waals surface area contributed by atoms with E-state index in [1.54, 1.807) is 25.1 Å². The third-order valence-electron chi connectivity index (χ3n) is 3.72. The number of fused-ring (bicyclic) bond motifs is 1.